The lowest BCUT2D eigenvalue weighted by Crippen LogP contribution is -2.41. The number of carbonyl (C=O) groups excluding carboxylic acids is 1. The van der Waals surface area contributed by atoms with Gasteiger partial charge in [0.25, 0.3) is 0 Å². The molecule has 0 radical (unpaired) electrons. The summed E-state index contributed by atoms with van der Waals surface area (Å²) < 4.78 is 26.9. The van der Waals surface area contributed by atoms with Crippen LogP contribution >= 0.6 is 15.9 Å². The summed E-state index contributed by atoms with van der Waals surface area (Å²) in [5, 5.41) is 3.01. The number of halogens is 1. The maximum absolute atomic E-state index is 13.0. The van der Waals surface area contributed by atoms with E-state index in [-0.39, 0.29) is 18.5 Å². The van der Waals surface area contributed by atoms with E-state index in [1.165, 1.54) is 0 Å². The van der Waals surface area contributed by atoms with Crippen LogP contribution in [0.5, 0.6) is 0 Å². The van der Waals surface area contributed by atoms with Crippen molar-refractivity contribution in [1.29, 1.82) is 0 Å². The van der Waals surface area contributed by atoms with Crippen LogP contribution in [0.25, 0.3) is 0 Å². The van der Waals surface area contributed by atoms with Crippen LogP contribution < -0.4 is 9.62 Å². The summed E-state index contributed by atoms with van der Waals surface area (Å²) in [5.41, 5.74) is 4.30. The average Bonchev–Trinajstić information content (AvgIpc) is 2.73. The minimum atomic E-state index is -3.66. The van der Waals surface area contributed by atoms with E-state index in [0.29, 0.717) is 5.69 Å². The molecule has 0 fully saturated rings. The summed E-state index contributed by atoms with van der Waals surface area (Å²) in [7, 11) is -3.66. The number of nitrogens with one attached hydrogen (secondary N) is 1. The van der Waals surface area contributed by atoms with Gasteiger partial charge in [0.05, 0.1) is 18.0 Å². The van der Waals surface area contributed by atoms with Crippen molar-refractivity contribution in [2.75, 3.05) is 17.1 Å². The number of carbonyl (C=O) groups is 1. The molecule has 0 saturated heterocycles. The van der Waals surface area contributed by atoms with Crippen LogP contribution in [-0.4, -0.2) is 27.1 Å². The van der Waals surface area contributed by atoms with Crippen molar-refractivity contribution in [3.8, 4) is 0 Å². The van der Waals surface area contributed by atoms with E-state index in [0.717, 1.165) is 37.3 Å². The van der Waals surface area contributed by atoms with Gasteiger partial charge in [-0.25, -0.2) is 8.42 Å². The third kappa shape index (κ3) is 5.95. The number of anilines is 1. The van der Waals surface area contributed by atoms with Crippen LogP contribution in [0, 0.1) is 13.8 Å². The molecule has 7 heteroatoms. The largest absolute Gasteiger partial charge is 0.344 e. The van der Waals surface area contributed by atoms with Crippen molar-refractivity contribution in [1.82, 2.24) is 5.32 Å². The van der Waals surface area contributed by atoms with Crippen LogP contribution in [0.4, 0.5) is 5.69 Å². The highest BCUT2D eigenvalue weighted by atomic mass is 79.9. The quantitative estimate of drug-likeness (QED) is 0.509. The number of nitrogens with zero attached hydrogens (tertiary/aromatic N) is 1. The second-order valence-corrected chi connectivity index (χ2v) is 10.3. The van der Waals surface area contributed by atoms with Crippen LogP contribution in [0.2, 0.25) is 0 Å². The number of benzene rings is 3. The van der Waals surface area contributed by atoms with E-state index in [1.807, 2.05) is 68.4 Å². The van der Waals surface area contributed by atoms with Crippen molar-refractivity contribution >= 4 is 37.5 Å². The first-order valence-electron chi connectivity index (χ1n) is 9.80. The van der Waals surface area contributed by atoms with E-state index in [4.69, 9.17) is 0 Å². The van der Waals surface area contributed by atoms with Gasteiger partial charge in [0, 0.05) is 4.47 Å². The lowest BCUT2D eigenvalue weighted by Gasteiger charge is -2.25. The van der Waals surface area contributed by atoms with Gasteiger partial charge in [-0.3, -0.25) is 9.10 Å². The average molecular weight is 501 g/mol. The molecule has 1 atom stereocenters. The van der Waals surface area contributed by atoms with E-state index in [2.05, 4.69) is 21.2 Å². The summed E-state index contributed by atoms with van der Waals surface area (Å²) in [6.07, 6.45) is 1.10. The van der Waals surface area contributed by atoms with Crippen LogP contribution in [0.3, 0.4) is 0 Å². The van der Waals surface area contributed by atoms with Crippen LogP contribution in [0.1, 0.15) is 28.3 Å². The van der Waals surface area contributed by atoms with Gasteiger partial charge >= 0.3 is 0 Å². The summed E-state index contributed by atoms with van der Waals surface area (Å²) in [6, 6.07) is 22.4. The monoisotopic (exact) mass is 500 g/mol. The van der Waals surface area contributed by atoms with E-state index in [9.17, 15) is 13.2 Å². The zero-order valence-corrected chi connectivity index (χ0v) is 20.1. The number of aryl methyl sites for hydroxylation is 2. The van der Waals surface area contributed by atoms with Gasteiger partial charge in [-0.05, 0) is 48.7 Å². The first-order valence-corrected chi connectivity index (χ1v) is 12.4. The highest BCUT2D eigenvalue weighted by Gasteiger charge is 2.24. The second-order valence-electron chi connectivity index (χ2n) is 7.53. The third-order valence-corrected chi connectivity index (χ3v) is 7.00. The topological polar surface area (TPSA) is 66.5 Å². The molecule has 0 heterocycles. The molecule has 0 aliphatic heterocycles. The van der Waals surface area contributed by atoms with Gasteiger partial charge in [0.15, 0.2) is 0 Å². The highest BCUT2D eigenvalue weighted by Crippen LogP contribution is 2.26. The molecule has 5 nitrogen and oxygen atoms in total. The molecule has 1 amide bonds. The van der Waals surface area contributed by atoms with E-state index < -0.39 is 10.0 Å². The predicted molar refractivity (Wildman–Crippen MR) is 129 cm³/mol. The van der Waals surface area contributed by atoms with Gasteiger partial charge in [0.2, 0.25) is 15.9 Å². The van der Waals surface area contributed by atoms with Gasteiger partial charge in [-0.15, -0.1) is 0 Å². The molecule has 0 bridgehead atoms. The molecule has 0 spiro atoms. The zero-order chi connectivity index (χ0) is 22.6. The van der Waals surface area contributed by atoms with Gasteiger partial charge < -0.3 is 5.32 Å². The standard InChI is InChI=1S/C24H25BrN2O3S/c1-17-9-11-20(12-10-17)24(19-7-5-4-6-8-19)26-23(28)16-27(31(3,29)30)21-13-14-22(25)18(2)15-21/h4-15,24H,16H2,1-3H3,(H,26,28)/t24-/m0/s1. The molecule has 0 aromatic heterocycles. The Labute approximate surface area is 192 Å². The van der Waals surface area contributed by atoms with Gasteiger partial charge in [0.1, 0.15) is 6.54 Å². The number of hydrogen-bond acceptors (Lipinski definition) is 3. The molecule has 3 rings (SSSR count). The van der Waals surface area contributed by atoms with Gasteiger partial charge in [-0.1, -0.05) is 76.1 Å². The Morgan fingerprint density at radius 1 is 0.968 bits per heavy atom. The Balaban J connectivity index is 1.89. The predicted octanol–water partition coefficient (Wildman–Crippen LogP) is 4.74. The molecule has 1 N–H and O–H groups in total. The third-order valence-electron chi connectivity index (χ3n) is 4.97. The Bertz CT molecular complexity index is 1160. The van der Waals surface area contributed by atoms with Crippen molar-refractivity contribution < 1.29 is 13.2 Å². The Morgan fingerprint density at radius 3 is 2.16 bits per heavy atom. The molecular weight excluding hydrogens is 476 g/mol. The number of sulfonamides is 1. The number of amides is 1. The van der Waals surface area contributed by atoms with E-state index >= 15 is 0 Å². The molecular formula is C24H25BrN2O3S. The fraction of sp³-hybridized carbons (Fsp3) is 0.208. The molecule has 0 saturated carbocycles. The zero-order valence-electron chi connectivity index (χ0n) is 17.7. The van der Waals surface area contributed by atoms with Crippen LogP contribution in [-0.2, 0) is 14.8 Å². The first-order chi connectivity index (χ1) is 14.6. The minimum absolute atomic E-state index is 0.310. The minimum Gasteiger partial charge on any atom is -0.344 e. The SMILES string of the molecule is Cc1ccc([C@@H](NC(=O)CN(c2ccc(Br)c(C)c2)S(C)(=O)=O)c2ccccc2)cc1. The Kier molecular flexibility index (Phi) is 7.18. The number of hydrogen-bond donors (Lipinski definition) is 1. The lowest BCUT2D eigenvalue weighted by molar-refractivity contribution is -0.120. The molecule has 3 aromatic rings. The normalized spacial score (nSPS) is 12.3. The van der Waals surface area contributed by atoms with Gasteiger partial charge in [-0.2, -0.15) is 0 Å². The fourth-order valence-electron chi connectivity index (χ4n) is 3.28. The molecule has 0 aliphatic rings. The Morgan fingerprint density at radius 2 is 1.58 bits per heavy atom. The summed E-state index contributed by atoms with van der Waals surface area (Å²) in [5.74, 6) is -0.388. The lowest BCUT2D eigenvalue weighted by atomic mass is 9.98. The van der Waals surface area contributed by atoms with Crippen molar-refractivity contribution in [3.63, 3.8) is 0 Å². The Hall–Kier alpha value is -2.64. The van der Waals surface area contributed by atoms with E-state index in [1.54, 1.807) is 18.2 Å². The maximum Gasteiger partial charge on any atom is 0.241 e. The maximum atomic E-state index is 13.0. The number of rotatable bonds is 7. The fourth-order valence-corrected chi connectivity index (χ4v) is 4.38. The molecule has 0 unspecified atom stereocenters. The molecule has 162 valence electrons. The highest BCUT2D eigenvalue weighted by molar-refractivity contribution is 9.10. The summed E-state index contributed by atoms with van der Waals surface area (Å²) in [6.45, 7) is 3.57. The van der Waals surface area contributed by atoms with Crippen LogP contribution in [0.15, 0.2) is 77.3 Å². The molecule has 0 aliphatic carbocycles. The smallest absolute Gasteiger partial charge is 0.241 e. The van der Waals surface area contributed by atoms with Crippen molar-refractivity contribution in [2.24, 2.45) is 0 Å². The van der Waals surface area contributed by atoms with Crippen molar-refractivity contribution in [3.05, 3.63) is 99.5 Å². The summed E-state index contributed by atoms with van der Waals surface area (Å²) >= 11 is 3.42. The summed E-state index contributed by atoms with van der Waals surface area (Å²) in [4.78, 5) is 13.0. The first kappa shape index (κ1) is 23.0. The second kappa shape index (κ2) is 9.66. The molecule has 3 aromatic carbocycles. The molecule has 31 heavy (non-hydrogen) atoms. The van der Waals surface area contributed by atoms with Crippen molar-refractivity contribution in [2.45, 2.75) is 19.9 Å².